The van der Waals surface area contributed by atoms with Crippen LogP contribution in [-0.2, 0) is 22.6 Å². The van der Waals surface area contributed by atoms with Crippen molar-refractivity contribution in [3.05, 3.63) is 99.1 Å². The molecule has 0 bridgehead atoms. The maximum absolute atomic E-state index is 15.5. The van der Waals surface area contributed by atoms with E-state index in [4.69, 9.17) is 11.6 Å². The van der Waals surface area contributed by atoms with Crippen LogP contribution >= 0.6 is 11.6 Å². The van der Waals surface area contributed by atoms with Crippen molar-refractivity contribution in [2.75, 3.05) is 41.8 Å². The SMILES string of the molecule is CN(C1CCN(c2cc3c(cc2F)C(=O)N(C2CCC(=O)NC2=O)C3=O)CC1)C(O)c1ccc(Nc2ncnc3c2CCN(c2ccc(C#N)c(Cl)c2)C3)nc1F. The van der Waals surface area contributed by atoms with Crippen LogP contribution < -0.4 is 20.4 Å². The lowest BCUT2D eigenvalue weighted by atomic mass is 10.0. The van der Waals surface area contributed by atoms with Crippen LogP contribution in [0.2, 0.25) is 5.02 Å². The Kier molecular flexibility index (Phi) is 10.0. The Balaban J connectivity index is 0.896. The Morgan fingerprint density at radius 2 is 1.74 bits per heavy atom. The molecule has 0 aliphatic carbocycles. The van der Waals surface area contributed by atoms with Gasteiger partial charge in [0.25, 0.3) is 11.8 Å². The summed E-state index contributed by atoms with van der Waals surface area (Å²) < 4.78 is 31.0. The van der Waals surface area contributed by atoms with Gasteiger partial charge < -0.3 is 20.2 Å². The van der Waals surface area contributed by atoms with E-state index in [1.165, 1.54) is 18.5 Å². The summed E-state index contributed by atoms with van der Waals surface area (Å²) in [5.41, 5.74) is 2.82. The van der Waals surface area contributed by atoms with E-state index in [1.807, 2.05) is 6.07 Å². The molecule has 8 rings (SSSR count). The van der Waals surface area contributed by atoms with Crippen LogP contribution in [-0.4, -0.2) is 92.3 Å². The maximum atomic E-state index is 15.5. The predicted octanol–water partition coefficient (Wildman–Crippen LogP) is 3.97. The van der Waals surface area contributed by atoms with Gasteiger partial charge >= 0.3 is 0 Å². The molecule has 0 spiro atoms. The second-order valence-electron chi connectivity index (χ2n) is 14.4. The molecule has 4 amide bonds. The molecule has 292 valence electrons. The number of anilines is 4. The van der Waals surface area contributed by atoms with Gasteiger partial charge in [0.2, 0.25) is 17.8 Å². The van der Waals surface area contributed by atoms with Gasteiger partial charge in [-0.15, -0.1) is 0 Å². The Morgan fingerprint density at radius 1 is 0.982 bits per heavy atom. The van der Waals surface area contributed by atoms with Crippen LogP contribution in [0.3, 0.4) is 0 Å². The van der Waals surface area contributed by atoms with Gasteiger partial charge in [0, 0.05) is 43.3 Å². The number of imide groups is 2. The number of nitrogens with zero attached hydrogens (tertiary/aromatic N) is 8. The van der Waals surface area contributed by atoms with Gasteiger partial charge in [0.05, 0.1) is 45.2 Å². The van der Waals surface area contributed by atoms with Crippen molar-refractivity contribution < 1.29 is 33.1 Å². The molecule has 6 heterocycles. The number of hydrogen-bond acceptors (Lipinski definition) is 13. The van der Waals surface area contributed by atoms with E-state index in [9.17, 15) is 29.5 Å². The van der Waals surface area contributed by atoms with Crippen LogP contribution in [0.5, 0.6) is 0 Å². The van der Waals surface area contributed by atoms with Crippen LogP contribution in [0.15, 0.2) is 48.8 Å². The number of nitrogens with one attached hydrogen (secondary N) is 2. The molecule has 4 aromatic rings. The first-order valence-corrected chi connectivity index (χ1v) is 18.7. The van der Waals surface area contributed by atoms with E-state index in [1.54, 1.807) is 35.0 Å². The van der Waals surface area contributed by atoms with Crippen LogP contribution in [0.1, 0.15) is 75.0 Å². The fraction of sp³-hybridized carbons (Fsp3) is 0.333. The monoisotopic (exact) mass is 796 g/mol. The smallest absolute Gasteiger partial charge is 0.262 e. The number of amides is 4. The van der Waals surface area contributed by atoms with Gasteiger partial charge in [0.1, 0.15) is 42.1 Å². The second-order valence-corrected chi connectivity index (χ2v) is 14.8. The number of aliphatic hydroxyl groups is 1. The van der Waals surface area contributed by atoms with Gasteiger partial charge in [0.15, 0.2) is 0 Å². The summed E-state index contributed by atoms with van der Waals surface area (Å²) in [5, 5.41) is 26.1. The standard InChI is InChI=1S/C39H35ClF2N10O5/c1-49(21-8-11-50(12-9-21)31-16-26-25(15-28(31)41)38(56)52(39(26)57)30-5-7-33(53)48-36(30)54)37(55)24-4-6-32(46-34(24)42)47-35-23-10-13-51(18-29(23)44-19-45-35)22-3-2-20(17-43)27(40)14-22/h2-4,6,14-16,19,21,30,37,55H,5,7-13,18H2,1H3,(H,48,53,54)(H,44,45,46,47). The number of benzene rings is 2. The molecule has 2 unspecified atom stereocenters. The van der Waals surface area contributed by atoms with Gasteiger partial charge in [-0.3, -0.25) is 34.3 Å². The lowest BCUT2D eigenvalue weighted by Crippen LogP contribution is -2.54. The minimum Gasteiger partial charge on any atom is -0.374 e. The molecular weight excluding hydrogens is 762 g/mol. The molecule has 2 aromatic carbocycles. The number of fused-ring (bicyclic) bond motifs is 2. The van der Waals surface area contributed by atoms with E-state index >= 15 is 8.78 Å². The number of carbonyl (C=O) groups is 4. The van der Waals surface area contributed by atoms with Crippen LogP contribution in [0.25, 0.3) is 0 Å². The van der Waals surface area contributed by atoms with Crippen molar-refractivity contribution in [1.82, 2.24) is 30.1 Å². The molecule has 2 fully saturated rings. The number of rotatable bonds is 8. The summed E-state index contributed by atoms with van der Waals surface area (Å²) in [6, 6.07) is 11.3. The zero-order valence-electron chi connectivity index (χ0n) is 30.5. The predicted molar refractivity (Wildman–Crippen MR) is 201 cm³/mol. The summed E-state index contributed by atoms with van der Waals surface area (Å²) in [6.45, 7) is 1.77. The first-order valence-electron chi connectivity index (χ1n) is 18.3. The molecule has 0 saturated carbocycles. The molecule has 2 saturated heterocycles. The fourth-order valence-electron chi connectivity index (χ4n) is 7.96. The van der Waals surface area contributed by atoms with Crippen molar-refractivity contribution >= 4 is 58.2 Å². The summed E-state index contributed by atoms with van der Waals surface area (Å²) in [6.07, 6.45) is 1.55. The number of aromatic nitrogens is 3. The molecule has 18 heteroatoms. The third kappa shape index (κ3) is 7.00. The van der Waals surface area contributed by atoms with Crippen molar-refractivity contribution in [2.24, 2.45) is 0 Å². The van der Waals surface area contributed by atoms with Gasteiger partial charge in [-0.25, -0.2) is 19.3 Å². The van der Waals surface area contributed by atoms with Gasteiger partial charge in [-0.05, 0) is 75.2 Å². The van der Waals surface area contributed by atoms with Crippen LogP contribution in [0.4, 0.5) is 31.8 Å². The Labute approximate surface area is 329 Å². The largest absolute Gasteiger partial charge is 0.374 e. The molecule has 57 heavy (non-hydrogen) atoms. The number of piperidine rings is 2. The number of halogens is 3. The third-order valence-electron chi connectivity index (χ3n) is 11.1. The molecule has 0 radical (unpaired) electrons. The zero-order chi connectivity index (χ0) is 40.1. The quantitative estimate of drug-likeness (QED) is 0.132. The minimum absolute atomic E-state index is 0.0103. The third-order valence-corrected chi connectivity index (χ3v) is 11.4. The lowest BCUT2D eigenvalue weighted by Gasteiger charge is -2.39. The summed E-state index contributed by atoms with van der Waals surface area (Å²) in [4.78, 5) is 69.6. The van der Waals surface area contributed by atoms with Crippen molar-refractivity contribution in [3.8, 4) is 6.07 Å². The number of aliphatic hydroxyl groups excluding tert-OH is 1. The normalized spacial score (nSPS) is 19.0. The second kappa shape index (κ2) is 15.1. The van der Waals surface area contributed by atoms with E-state index in [0.29, 0.717) is 61.8 Å². The summed E-state index contributed by atoms with van der Waals surface area (Å²) in [7, 11) is 1.67. The van der Waals surface area contributed by atoms with Crippen LogP contribution in [0, 0.1) is 23.1 Å². The van der Waals surface area contributed by atoms with Crippen molar-refractivity contribution in [1.29, 1.82) is 5.26 Å². The number of pyridine rings is 1. The summed E-state index contributed by atoms with van der Waals surface area (Å²) >= 11 is 6.26. The topological polar surface area (TPSA) is 188 Å². The van der Waals surface area contributed by atoms with Crippen molar-refractivity contribution in [3.63, 3.8) is 0 Å². The highest BCUT2D eigenvalue weighted by Crippen LogP contribution is 2.36. The van der Waals surface area contributed by atoms with Gasteiger partial charge in [-0.1, -0.05) is 11.6 Å². The lowest BCUT2D eigenvalue weighted by molar-refractivity contribution is -0.136. The summed E-state index contributed by atoms with van der Waals surface area (Å²) in [5.74, 6) is -3.64. The molecule has 4 aliphatic heterocycles. The Bertz CT molecular complexity index is 2390. The molecule has 3 N–H and O–H groups in total. The molecular formula is C39H35ClF2N10O5. The first-order chi connectivity index (χ1) is 27.4. The average molecular weight is 797 g/mol. The first kappa shape index (κ1) is 37.8. The minimum atomic E-state index is -1.34. The average Bonchev–Trinajstić information content (AvgIpc) is 3.44. The Morgan fingerprint density at radius 3 is 2.44 bits per heavy atom. The molecule has 2 aromatic heterocycles. The fourth-order valence-corrected chi connectivity index (χ4v) is 8.17. The van der Waals surface area contributed by atoms with E-state index < -0.39 is 47.7 Å². The molecule has 4 aliphatic rings. The molecule has 2 atom stereocenters. The zero-order valence-corrected chi connectivity index (χ0v) is 31.3. The number of hydrogen-bond donors (Lipinski definition) is 3. The van der Waals surface area contributed by atoms with E-state index in [0.717, 1.165) is 27.9 Å². The van der Waals surface area contributed by atoms with Gasteiger partial charge in [-0.2, -0.15) is 9.65 Å². The highest BCUT2D eigenvalue weighted by Gasteiger charge is 2.45. The maximum Gasteiger partial charge on any atom is 0.262 e. The van der Waals surface area contributed by atoms with Crippen molar-refractivity contribution in [2.45, 2.75) is 57.0 Å². The van der Waals surface area contributed by atoms with E-state index in [-0.39, 0.29) is 47.1 Å². The number of nitriles is 1. The number of carbonyl (C=O) groups excluding carboxylic acids is 4. The Hall–Kier alpha value is -6.09. The highest BCUT2D eigenvalue weighted by atomic mass is 35.5. The molecule has 15 nitrogen and oxygen atoms in total. The van der Waals surface area contributed by atoms with E-state index in [2.05, 4.69) is 36.6 Å². The highest BCUT2D eigenvalue weighted by molar-refractivity contribution is 6.32.